The molecule has 0 aromatic heterocycles. The molecule has 4 aromatic carbocycles. The molecule has 4 aromatic rings. The molecule has 0 aliphatic carbocycles. The Morgan fingerprint density at radius 3 is 1.84 bits per heavy atom. The molecule has 0 aliphatic heterocycles. The van der Waals surface area contributed by atoms with Gasteiger partial charge in [-0.1, -0.05) is 103 Å². The van der Waals surface area contributed by atoms with Gasteiger partial charge in [-0.2, -0.15) is 0 Å². The van der Waals surface area contributed by atoms with Crippen molar-refractivity contribution in [2.45, 2.75) is 25.4 Å². The number of urea groups is 1. The fourth-order valence-electron chi connectivity index (χ4n) is 4.11. The summed E-state index contributed by atoms with van der Waals surface area (Å²) >= 11 is 5.96. The van der Waals surface area contributed by atoms with E-state index >= 15 is 0 Å². The van der Waals surface area contributed by atoms with E-state index in [0.29, 0.717) is 36.6 Å². The molecule has 0 bridgehead atoms. The first-order valence-corrected chi connectivity index (χ1v) is 12.7. The number of hydrogen-bond acceptors (Lipinski definition) is 2. The lowest BCUT2D eigenvalue weighted by Gasteiger charge is -2.28. The summed E-state index contributed by atoms with van der Waals surface area (Å²) < 4.78 is 0. The Morgan fingerprint density at radius 2 is 1.24 bits per heavy atom. The van der Waals surface area contributed by atoms with E-state index < -0.39 is 12.1 Å². The predicted octanol–water partition coefficient (Wildman–Crippen LogP) is 6.34. The second-order valence-corrected chi connectivity index (χ2v) is 9.27. The van der Waals surface area contributed by atoms with Gasteiger partial charge in [0.25, 0.3) is 0 Å². The molecule has 0 radical (unpaired) electrons. The van der Waals surface area contributed by atoms with Crippen LogP contribution >= 0.6 is 11.6 Å². The maximum Gasteiger partial charge on any atom is 0.319 e. The molecule has 6 heteroatoms. The van der Waals surface area contributed by atoms with E-state index in [1.807, 2.05) is 83.8 Å². The van der Waals surface area contributed by atoms with E-state index in [0.717, 1.165) is 16.7 Å². The van der Waals surface area contributed by atoms with Crippen LogP contribution in [0.5, 0.6) is 0 Å². The average molecular weight is 512 g/mol. The quantitative estimate of drug-likeness (QED) is 0.261. The van der Waals surface area contributed by atoms with Crippen LogP contribution in [0.3, 0.4) is 0 Å². The molecule has 188 valence electrons. The molecule has 5 nitrogen and oxygen atoms in total. The lowest BCUT2D eigenvalue weighted by molar-refractivity contribution is -0.133. The van der Waals surface area contributed by atoms with Crippen molar-refractivity contribution in [1.29, 1.82) is 0 Å². The summed E-state index contributed by atoms with van der Waals surface area (Å²) in [5.74, 6) is -0.130. The summed E-state index contributed by atoms with van der Waals surface area (Å²) in [6.45, 7) is 0.988. The number of amides is 3. The van der Waals surface area contributed by atoms with Gasteiger partial charge in [0.2, 0.25) is 5.91 Å². The van der Waals surface area contributed by atoms with Crippen LogP contribution in [-0.4, -0.2) is 29.4 Å². The highest BCUT2D eigenvalue weighted by atomic mass is 35.5. The van der Waals surface area contributed by atoms with Crippen molar-refractivity contribution in [2.75, 3.05) is 11.9 Å². The molecular weight excluding hydrogens is 482 g/mol. The highest BCUT2D eigenvalue weighted by Crippen LogP contribution is 2.15. The molecular formula is C31H30ClN3O2. The van der Waals surface area contributed by atoms with Gasteiger partial charge in [0.05, 0.1) is 0 Å². The number of rotatable bonds is 10. The number of nitrogens with zero attached hydrogens (tertiary/aromatic N) is 1. The molecule has 0 heterocycles. The van der Waals surface area contributed by atoms with Crippen LogP contribution < -0.4 is 10.6 Å². The van der Waals surface area contributed by atoms with E-state index in [9.17, 15) is 9.59 Å². The molecule has 37 heavy (non-hydrogen) atoms. The van der Waals surface area contributed by atoms with Gasteiger partial charge in [-0.3, -0.25) is 4.79 Å². The third kappa shape index (κ3) is 8.23. The normalized spacial score (nSPS) is 11.4. The Bertz CT molecular complexity index is 1270. The number of hydrogen-bond donors (Lipinski definition) is 2. The predicted molar refractivity (Wildman–Crippen MR) is 150 cm³/mol. The zero-order valence-corrected chi connectivity index (χ0v) is 21.3. The maximum absolute atomic E-state index is 14.0. The number of nitrogens with one attached hydrogen (secondary N) is 2. The number of anilines is 1. The Kier molecular flexibility index (Phi) is 9.33. The zero-order valence-electron chi connectivity index (χ0n) is 20.5. The Balaban J connectivity index is 1.54. The van der Waals surface area contributed by atoms with Gasteiger partial charge in [-0.05, 0) is 47.4 Å². The molecule has 2 N–H and O–H groups in total. The topological polar surface area (TPSA) is 61.4 Å². The molecule has 4 rings (SSSR count). The van der Waals surface area contributed by atoms with Crippen molar-refractivity contribution in [3.05, 3.63) is 137 Å². The van der Waals surface area contributed by atoms with Crippen molar-refractivity contribution in [3.63, 3.8) is 0 Å². The molecule has 1 unspecified atom stereocenters. The molecule has 0 spiro atoms. The summed E-state index contributed by atoms with van der Waals surface area (Å²) in [4.78, 5) is 28.7. The molecule has 3 amide bonds. The van der Waals surface area contributed by atoms with Crippen LogP contribution in [0.2, 0.25) is 5.02 Å². The minimum atomic E-state index is -0.741. The van der Waals surface area contributed by atoms with E-state index in [1.165, 1.54) is 0 Å². The van der Waals surface area contributed by atoms with Gasteiger partial charge < -0.3 is 15.5 Å². The monoisotopic (exact) mass is 511 g/mol. The smallest absolute Gasteiger partial charge is 0.319 e. The van der Waals surface area contributed by atoms with Gasteiger partial charge in [-0.15, -0.1) is 0 Å². The number of carbonyl (C=O) groups is 2. The standard InChI is InChI=1S/C31H30ClN3O2/c32-27-16-18-28(19-17-27)33-31(37)34-29(22-25-12-6-2-7-13-25)30(36)35(23-26-14-8-3-9-15-26)21-20-24-10-4-1-5-11-24/h1-19,29H,20-23H2,(H2,33,34,37). The minimum absolute atomic E-state index is 0.130. The van der Waals surface area contributed by atoms with E-state index in [1.54, 1.807) is 24.3 Å². The van der Waals surface area contributed by atoms with Crippen LogP contribution in [0.4, 0.5) is 10.5 Å². The molecule has 0 saturated carbocycles. The van der Waals surface area contributed by atoms with Crippen molar-refractivity contribution < 1.29 is 9.59 Å². The zero-order chi connectivity index (χ0) is 25.9. The number of benzene rings is 4. The Morgan fingerprint density at radius 1 is 0.703 bits per heavy atom. The highest BCUT2D eigenvalue weighted by Gasteiger charge is 2.26. The Labute approximate surface area is 223 Å². The van der Waals surface area contributed by atoms with Gasteiger partial charge in [-0.25, -0.2) is 4.79 Å². The fourth-order valence-corrected chi connectivity index (χ4v) is 4.23. The summed E-state index contributed by atoms with van der Waals surface area (Å²) in [6, 6.07) is 35.4. The van der Waals surface area contributed by atoms with E-state index in [2.05, 4.69) is 22.8 Å². The van der Waals surface area contributed by atoms with Crippen LogP contribution in [-0.2, 0) is 24.2 Å². The third-order valence-corrected chi connectivity index (χ3v) is 6.28. The van der Waals surface area contributed by atoms with Crippen LogP contribution in [0, 0.1) is 0 Å². The molecule has 0 saturated heterocycles. The largest absolute Gasteiger partial charge is 0.336 e. The van der Waals surface area contributed by atoms with Crippen LogP contribution in [0.25, 0.3) is 0 Å². The van der Waals surface area contributed by atoms with Gasteiger partial charge >= 0.3 is 6.03 Å². The summed E-state index contributed by atoms with van der Waals surface area (Å²) in [7, 11) is 0. The van der Waals surface area contributed by atoms with Crippen molar-refractivity contribution >= 4 is 29.2 Å². The lowest BCUT2D eigenvalue weighted by atomic mass is 10.0. The third-order valence-electron chi connectivity index (χ3n) is 6.03. The van der Waals surface area contributed by atoms with E-state index in [-0.39, 0.29) is 5.91 Å². The number of halogens is 1. The van der Waals surface area contributed by atoms with Crippen molar-refractivity contribution in [1.82, 2.24) is 10.2 Å². The summed E-state index contributed by atoms with van der Waals surface area (Å²) in [5, 5.41) is 6.31. The second-order valence-electron chi connectivity index (χ2n) is 8.83. The minimum Gasteiger partial charge on any atom is -0.336 e. The fraction of sp³-hybridized carbons (Fsp3) is 0.161. The average Bonchev–Trinajstić information content (AvgIpc) is 2.93. The molecule has 0 aliphatic rings. The van der Waals surface area contributed by atoms with Crippen LogP contribution in [0.15, 0.2) is 115 Å². The van der Waals surface area contributed by atoms with Gasteiger partial charge in [0.1, 0.15) is 6.04 Å². The van der Waals surface area contributed by atoms with Crippen molar-refractivity contribution in [2.24, 2.45) is 0 Å². The van der Waals surface area contributed by atoms with Crippen LogP contribution in [0.1, 0.15) is 16.7 Å². The molecule has 0 fully saturated rings. The van der Waals surface area contributed by atoms with E-state index in [4.69, 9.17) is 11.6 Å². The van der Waals surface area contributed by atoms with Gasteiger partial charge in [0, 0.05) is 30.2 Å². The second kappa shape index (κ2) is 13.3. The Hall–Kier alpha value is -4.09. The van der Waals surface area contributed by atoms with Gasteiger partial charge in [0.15, 0.2) is 0 Å². The summed E-state index contributed by atoms with van der Waals surface area (Å²) in [5.41, 5.74) is 3.75. The summed E-state index contributed by atoms with van der Waals surface area (Å²) in [6.07, 6.45) is 1.10. The maximum atomic E-state index is 14.0. The lowest BCUT2D eigenvalue weighted by Crippen LogP contribution is -2.51. The highest BCUT2D eigenvalue weighted by molar-refractivity contribution is 6.30. The first kappa shape index (κ1) is 26.0. The molecule has 1 atom stereocenters. The number of carbonyl (C=O) groups excluding carboxylic acids is 2. The van der Waals surface area contributed by atoms with Crippen molar-refractivity contribution in [3.8, 4) is 0 Å². The first-order chi connectivity index (χ1) is 18.1. The SMILES string of the molecule is O=C(Nc1ccc(Cl)cc1)NC(Cc1ccccc1)C(=O)N(CCc1ccccc1)Cc1ccccc1. The first-order valence-electron chi connectivity index (χ1n) is 12.3.